The van der Waals surface area contributed by atoms with Gasteiger partial charge in [0.15, 0.2) is 6.29 Å². The number of aryl methyl sites for hydroxylation is 1. The minimum absolute atomic E-state index is 0.113. The molecule has 0 unspecified atom stereocenters. The van der Waals surface area contributed by atoms with Gasteiger partial charge < -0.3 is 4.74 Å². The average Bonchev–Trinajstić information content (AvgIpc) is 2.78. The summed E-state index contributed by atoms with van der Waals surface area (Å²) in [5.41, 5.74) is 0.660. The van der Waals surface area contributed by atoms with Gasteiger partial charge in [0, 0.05) is 6.07 Å². The van der Waals surface area contributed by atoms with Gasteiger partial charge in [0.2, 0.25) is 5.75 Å². The van der Waals surface area contributed by atoms with Crippen molar-refractivity contribution in [3.63, 3.8) is 0 Å². The van der Waals surface area contributed by atoms with Crippen LogP contribution in [0, 0.1) is 17.0 Å². The van der Waals surface area contributed by atoms with Crippen molar-refractivity contribution in [2.75, 3.05) is 0 Å². The van der Waals surface area contributed by atoms with E-state index in [1.807, 2.05) is 0 Å². The first-order chi connectivity index (χ1) is 8.61. The zero-order chi connectivity index (χ0) is 13.1. The van der Waals surface area contributed by atoms with Gasteiger partial charge >= 0.3 is 5.69 Å². The van der Waals surface area contributed by atoms with E-state index in [-0.39, 0.29) is 11.4 Å². The lowest BCUT2D eigenvalue weighted by molar-refractivity contribution is -0.385. The Morgan fingerprint density at radius 3 is 2.78 bits per heavy atom. The fraction of sp³-hybridized carbons (Fsp3) is 0.0833. The molecular formula is C12H9NO4S. The minimum atomic E-state index is -0.505. The molecule has 0 radical (unpaired) electrons. The molecule has 0 fully saturated rings. The van der Waals surface area contributed by atoms with Crippen LogP contribution < -0.4 is 4.74 Å². The number of thiophene rings is 1. The molecule has 0 aliphatic heterocycles. The quantitative estimate of drug-likeness (QED) is 0.480. The molecule has 0 atom stereocenters. The molecule has 5 nitrogen and oxygen atoms in total. The molecule has 0 N–H and O–H groups in total. The van der Waals surface area contributed by atoms with Gasteiger partial charge in [0.05, 0.1) is 4.92 Å². The molecule has 1 aromatic heterocycles. The SMILES string of the molecule is Cc1ccc(Oc2ccsc2C=O)c([N+](=O)[O-])c1. The summed E-state index contributed by atoms with van der Waals surface area (Å²) >= 11 is 1.22. The van der Waals surface area contributed by atoms with Gasteiger partial charge in [0.25, 0.3) is 0 Å². The zero-order valence-corrected chi connectivity index (χ0v) is 10.3. The predicted octanol–water partition coefficient (Wildman–Crippen LogP) is 3.57. The first-order valence-corrected chi connectivity index (χ1v) is 5.95. The van der Waals surface area contributed by atoms with E-state index >= 15 is 0 Å². The number of nitro benzene ring substituents is 1. The van der Waals surface area contributed by atoms with Crippen LogP contribution >= 0.6 is 11.3 Å². The van der Waals surface area contributed by atoms with E-state index < -0.39 is 4.92 Å². The summed E-state index contributed by atoms with van der Waals surface area (Å²) in [5, 5.41) is 12.6. The van der Waals surface area contributed by atoms with Crippen molar-refractivity contribution in [1.82, 2.24) is 0 Å². The van der Waals surface area contributed by atoms with Crippen LogP contribution in [0.4, 0.5) is 5.69 Å². The Kier molecular flexibility index (Phi) is 3.38. The van der Waals surface area contributed by atoms with Crippen LogP contribution in [0.1, 0.15) is 15.2 Å². The minimum Gasteiger partial charge on any atom is -0.448 e. The number of rotatable bonds is 4. The first kappa shape index (κ1) is 12.3. The van der Waals surface area contributed by atoms with Crippen LogP contribution in [0.5, 0.6) is 11.5 Å². The van der Waals surface area contributed by atoms with Crippen LogP contribution in [0.15, 0.2) is 29.6 Å². The van der Waals surface area contributed by atoms with Crippen molar-refractivity contribution < 1.29 is 14.5 Å². The van der Waals surface area contributed by atoms with Crippen LogP contribution in [0.2, 0.25) is 0 Å². The van der Waals surface area contributed by atoms with Crippen molar-refractivity contribution in [2.24, 2.45) is 0 Å². The largest absolute Gasteiger partial charge is 0.448 e. The normalized spacial score (nSPS) is 10.1. The number of nitro groups is 1. The molecule has 18 heavy (non-hydrogen) atoms. The number of hydrogen-bond donors (Lipinski definition) is 0. The van der Waals surface area contributed by atoms with Gasteiger partial charge in [-0.25, -0.2) is 0 Å². The maximum Gasteiger partial charge on any atom is 0.311 e. The molecule has 0 bridgehead atoms. The molecule has 0 saturated carbocycles. The third-order valence-corrected chi connectivity index (χ3v) is 3.12. The standard InChI is InChI=1S/C12H9NO4S/c1-8-2-3-10(9(6-8)13(15)16)17-11-4-5-18-12(11)7-14/h2-7H,1H3. The van der Waals surface area contributed by atoms with Crippen LogP contribution in [-0.2, 0) is 0 Å². The zero-order valence-electron chi connectivity index (χ0n) is 9.45. The molecule has 1 aromatic carbocycles. The summed E-state index contributed by atoms with van der Waals surface area (Å²) in [7, 11) is 0. The van der Waals surface area contributed by atoms with E-state index in [2.05, 4.69) is 0 Å². The highest BCUT2D eigenvalue weighted by atomic mass is 32.1. The fourth-order valence-corrected chi connectivity index (χ4v) is 2.07. The first-order valence-electron chi connectivity index (χ1n) is 5.07. The Morgan fingerprint density at radius 1 is 1.33 bits per heavy atom. The number of carbonyl (C=O) groups is 1. The molecule has 92 valence electrons. The molecule has 6 heteroatoms. The molecule has 0 spiro atoms. The van der Waals surface area contributed by atoms with Gasteiger partial charge in [-0.1, -0.05) is 6.07 Å². The van der Waals surface area contributed by atoms with E-state index in [1.165, 1.54) is 23.5 Å². The summed E-state index contributed by atoms with van der Waals surface area (Å²) < 4.78 is 5.43. The molecule has 1 heterocycles. The van der Waals surface area contributed by atoms with Crippen molar-refractivity contribution in [3.05, 3.63) is 50.2 Å². The summed E-state index contributed by atoms with van der Waals surface area (Å²) in [6, 6.07) is 6.29. The van der Waals surface area contributed by atoms with Gasteiger partial charge in [-0.3, -0.25) is 14.9 Å². The van der Waals surface area contributed by atoms with Crippen LogP contribution in [-0.4, -0.2) is 11.2 Å². The molecule has 2 aromatic rings. The predicted molar refractivity (Wildman–Crippen MR) is 67.6 cm³/mol. The van der Waals surface area contributed by atoms with Crippen molar-refractivity contribution in [3.8, 4) is 11.5 Å². The fourth-order valence-electron chi connectivity index (χ4n) is 1.45. The van der Waals surface area contributed by atoms with Gasteiger partial charge in [0.1, 0.15) is 10.6 Å². The van der Waals surface area contributed by atoms with Crippen molar-refractivity contribution in [1.29, 1.82) is 0 Å². The number of ether oxygens (including phenoxy) is 1. The number of benzene rings is 1. The Bertz CT molecular complexity index is 606. The second-order valence-corrected chi connectivity index (χ2v) is 4.54. The third-order valence-electron chi connectivity index (χ3n) is 2.30. The van der Waals surface area contributed by atoms with Crippen molar-refractivity contribution >= 4 is 23.3 Å². The molecular weight excluding hydrogens is 254 g/mol. The maximum absolute atomic E-state index is 10.9. The number of aldehydes is 1. The van der Waals surface area contributed by atoms with Crippen LogP contribution in [0.3, 0.4) is 0 Å². The number of hydrogen-bond acceptors (Lipinski definition) is 5. The van der Waals surface area contributed by atoms with E-state index in [0.717, 1.165) is 5.56 Å². The number of carbonyl (C=O) groups excluding carboxylic acids is 1. The molecule has 0 saturated heterocycles. The monoisotopic (exact) mass is 263 g/mol. The highest BCUT2D eigenvalue weighted by Crippen LogP contribution is 2.34. The summed E-state index contributed by atoms with van der Waals surface area (Å²) in [6.07, 6.45) is 0.667. The molecule has 0 aliphatic carbocycles. The second kappa shape index (κ2) is 4.97. The highest BCUT2D eigenvalue weighted by molar-refractivity contribution is 7.12. The van der Waals surface area contributed by atoms with E-state index in [1.54, 1.807) is 24.4 Å². The Morgan fingerprint density at radius 2 is 2.11 bits per heavy atom. The summed E-state index contributed by atoms with van der Waals surface area (Å²) in [6.45, 7) is 1.76. The molecule has 0 amide bonds. The van der Waals surface area contributed by atoms with E-state index in [0.29, 0.717) is 16.9 Å². The lowest BCUT2D eigenvalue weighted by Crippen LogP contribution is -1.94. The summed E-state index contributed by atoms with van der Waals surface area (Å²) in [5.74, 6) is 0.467. The average molecular weight is 263 g/mol. The lowest BCUT2D eigenvalue weighted by Gasteiger charge is -2.05. The second-order valence-electron chi connectivity index (χ2n) is 3.60. The van der Waals surface area contributed by atoms with Gasteiger partial charge in [-0.2, -0.15) is 0 Å². The summed E-state index contributed by atoms with van der Waals surface area (Å²) in [4.78, 5) is 21.6. The van der Waals surface area contributed by atoms with E-state index in [4.69, 9.17) is 4.74 Å². The smallest absolute Gasteiger partial charge is 0.311 e. The van der Waals surface area contributed by atoms with Gasteiger partial charge in [-0.05, 0) is 30.0 Å². The third kappa shape index (κ3) is 2.38. The molecule has 0 aliphatic rings. The Balaban J connectivity index is 2.40. The van der Waals surface area contributed by atoms with Crippen LogP contribution in [0.25, 0.3) is 0 Å². The lowest BCUT2D eigenvalue weighted by atomic mass is 10.2. The van der Waals surface area contributed by atoms with E-state index in [9.17, 15) is 14.9 Å². The highest BCUT2D eigenvalue weighted by Gasteiger charge is 2.17. The van der Waals surface area contributed by atoms with Crippen molar-refractivity contribution in [2.45, 2.75) is 6.92 Å². The maximum atomic E-state index is 10.9. The van der Waals surface area contributed by atoms with Gasteiger partial charge in [-0.15, -0.1) is 11.3 Å². The number of nitrogens with zero attached hydrogens (tertiary/aromatic N) is 1. The Labute approximate surface area is 107 Å². The molecule has 2 rings (SSSR count). The Hall–Kier alpha value is -2.21. The topological polar surface area (TPSA) is 69.4 Å².